The lowest BCUT2D eigenvalue weighted by molar-refractivity contribution is -0.116. The van der Waals surface area contributed by atoms with Crippen LogP contribution in [0.5, 0.6) is 0 Å². The van der Waals surface area contributed by atoms with Gasteiger partial charge in [-0.25, -0.2) is 9.78 Å². The molecule has 4 N–H and O–H groups in total. The number of hydrogen-bond donors (Lipinski definition) is 3. The van der Waals surface area contributed by atoms with E-state index in [1.807, 2.05) is 0 Å². The number of anilines is 1. The molecule has 0 spiro atoms. The third-order valence-electron chi connectivity index (χ3n) is 1.63. The maximum absolute atomic E-state index is 11.2. The number of pyridine rings is 1. The summed E-state index contributed by atoms with van der Waals surface area (Å²) in [5.74, 6) is -0.407. The van der Waals surface area contributed by atoms with Gasteiger partial charge in [-0.2, -0.15) is 5.26 Å². The summed E-state index contributed by atoms with van der Waals surface area (Å²) in [7, 11) is 0. The third-order valence-corrected chi connectivity index (χ3v) is 1.63. The van der Waals surface area contributed by atoms with Crippen molar-refractivity contribution in [1.82, 2.24) is 10.3 Å². The van der Waals surface area contributed by atoms with Gasteiger partial charge in [0.1, 0.15) is 17.5 Å². The molecule has 0 saturated carbocycles. The van der Waals surface area contributed by atoms with E-state index in [2.05, 4.69) is 10.3 Å². The SMILES string of the molecule is N#C/C(=C\Nc1ccccn1)C(=O)NC(N)=O. The zero-order chi connectivity index (χ0) is 12.7. The second-order valence-electron chi connectivity index (χ2n) is 2.85. The molecular weight excluding hydrogens is 222 g/mol. The Balaban J connectivity index is 2.72. The van der Waals surface area contributed by atoms with Crippen molar-refractivity contribution in [1.29, 1.82) is 5.26 Å². The van der Waals surface area contributed by atoms with Crippen LogP contribution in [0.25, 0.3) is 0 Å². The average Bonchev–Trinajstić information content (AvgIpc) is 2.30. The minimum Gasteiger partial charge on any atom is -0.351 e. The van der Waals surface area contributed by atoms with Gasteiger partial charge in [0.05, 0.1) is 0 Å². The summed E-state index contributed by atoms with van der Waals surface area (Å²) < 4.78 is 0. The highest BCUT2D eigenvalue weighted by Gasteiger charge is 2.10. The molecule has 0 fully saturated rings. The Morgan fingerprint density at radius 3 is 2.76 bits per heavy atom. The molecule has 1 rings (SSSR count). The summed E-state index contributed by atoms with van der Waals surface area (Å²) in [5, 5.41) is 13.1. The molecule has 7 nitrogen and oxygen atoms in total. The fraction of sp³-hybridized carbons (Fsp3) is 0. The van der Waals surface area contributed by atoms with Crippen molar-refractivity contribution in [3.8, 4) is 6.07 Å². The number of nitriles is 1. The van der Waals surface area contributed by atoms with E-state index in [0.717, 1.165) is 6.20 Å². The van der Waals surface area contributed by atoms with Gasteiger partial charge in [-0.3, -0.25) is 10.1 Å². The van der Waals surface area contributed by atoms with Crippen molar-refractivity contribution >= 4 is 17.8 Å². The number of carbonyl (C=O) groups excluding carboxylic acids is 2. The second-order valence-corrected chi connectivity index (χ2v) is 2.85. The van der Waals surface area contributed by atoms with Gasteiger partial charge in [-0.15, -0.1) is 0 Å². The van der Waals surface area contributed by atoms with E-state index in [9.17, 15) is 9.59 Å². The Kier molecular flexibility index (Phi) is 4.21. The molecule has 3 amide bonds. The van der Waals surface area contributed by atoms with Crippen LogP contribution in [0.4, 0.5) is 10.6 Å². The number of imide groups is 1. The lowest BCUT2D eigenvalue weighted by Crippen LogP contribution is -2.35. The summed E-state index contributed by atoms with van der Waals surface area (Å²) in [6, 6.07) is 5.72. The first-order valence-corrected chi connectivity index (χ1v) is 4.52. The lowest BCUT2D eigenvalue weighted by atomic mass is 10.3. The first-order valence-electron chi connectivity index (χ1n) is 4.52. The van der Waals surface area contributed by atoms with Gasteiger partial charge < -0.3 is 11.1 Å². The van der Waals surface area contributed by atoms with Gasteiger partial charge >= 0.3 is 6.03 Å². The monoisotopic (exact) mass is 231 g/mol. The molecule has 17 heavy (non-hydrogen) atoms. The number of carbonyl (C=O) groups is 2. The number of rotatable bonds is 3. The maximum Gasteiger partial charge on any atom is 0.319 e. The molecule has 0 aromatic carbocycles. The quantitative estimate of drug-likeness (QED) is 0.503. The number of nitrogens with zero attached hydrogens (tertiary/aromatic N) is 2. The molecule has 0 saturated heterocycles. The topological polar surface area (TPSA) is 121 Å². The average molecular weight is 231 g/mol. The highest BCUT2D eigenvalue weighted by Crippen LogP contribution is 2.01. The van der Waals surface area contributed by atoms with Crippen LogP contribution in [0.3, 0.4) is 0 Å². The van der Waals surface area contributed by atoms with Crippen LogP contribution in [0.1, 0.15) is 0 Å². The standard InChI is InChI=1S/C10H9N5O2/c11-5-7(9(16)15-10(12)17)6-14-8-3-1-2-4-13-8/h1-4,6H,(H,13,14)(H3,12,15,16,17)/b7-6+. The predicted molar refractivity (Wildman–Crippen MR) is 59.3 cm³/mol. The van der Waals surface area contributed by atoms with E-state index in [1.54, 1.807) is 35.8 Å². The molecule has 1 heterocycles. The van der Waals surface area contributed by atoms with E-state index in [1.165, 1.54) is 0 Å². The first kappa shape index (κ1) is 12.2. The molecule has 0 aliphatic heterocycles. The fourth-order valence-electron chi connectivity index (χ4n) is 0.922. The van der Waals surface area contributed by atoms with Crippen LogP contribution in [0.2, 0.25) is 0 Å². The molecule has 86 valence electrons. The summed E-state index contributed by atoms with van der Waals surface area (Å²) in [6.07, 6.45) is 2.69. The fourth-order valence-corrected chi connectivity index (χ4v) is 0.922. The lowest BCUT2D eigenvalue weighted by Gasteiger charge is -2.00. The van der Waals surface area contributed by atoms with Crippen LogP contribution >= 0.6 is 0 Å². The molecule has 0 atom stereocenters. The molecule has 0 aliphatic carbocycles. The minimum absolute atomic E-state index is 0.283. The van der Waals surface area contributed by atoms with Crippen LogP contribution in [0, 0.1) is 11.3 Å². The zero-order valence-corrected chi connectivity index (χ0v) is 8.68. The third kappa shape index (κ3) is 4.01. The largest absolute Gasteiger partial charge is 0.351 e. The number of hydrogen-bond acceptors (Lipinski definition) is 5. The Morgan fingerprint density at radius 2 is 2.24 bits per heavy atom. The second kappa shape index (κ2) is 5.87. The van der Waals surface area contributed by atoms with Gasteiger partial charge in [0.25, 0.3) is 5.91 Å². The van der Waals surface area contributed by atoms with Crippen LogP contribution in [0.15, 0.2) is 36.2 Å². The van der Waals surface area contributed by atoms with E-state index >= 15 is 0 Å². The Bertz CT molecular complexity index is 489. The van der Waals surface area contributed by atoms with Gasteiger partial charge in [0.15, 0.2) is 0 Å². The van der Waals surface area contributed by atoms with E-state index in [4.69, 9.17) is 11.0 Å². The molecule has 7 heteroatoms. The highest BCUT2D eigenvalue weighted by molar-refractivity contribution is 6.05. The summed E-state index contributed by atoms with van der Waals surface area (Å²) in [6.45, 7) is 0. The van der Waals surface area contributed by atoms with Crippen molar-refractivity contribution in [2.24, 2.45) is 5.73 Å². The van der Waals surface area contributed by atoms with Crippen LogP contribution in [-0.2, 0) is 4.79 Å². The number of nitrogens with one attached hydrogen (secondary N) is 2. The van der Waals surface area contributed by atoms with Gasteiger partial charge in [0.2, 0.25) is 0 Å². The molecule has 0 aliphatic rings. The Labute approximate surface area is 96.9 Å². The molecule has 0 radical (unpaired) electrons. The van der Waals surface area contributed by atoms with Crippen molar-refractivity contribution in [3.05, 3.63) is 36.2 Å². The number of primary amides is 1. The normalized spacial score (nSPS) is 10.2. The van der Waals surface area contributed by atoms with E-state index < -0.39 is 11.9 Å². The highest BCUT2D eigenvalue weighted by atomic mass is 16.2. The summed E-state index contributed by atoms with van der Waals surface area (Å²) >= 11 is 0. The van der Waals surface area contributed by atoms with Crippen LogP contribution < -0.4 is 16.4 Å². The minimum atomic E-state index is -1.02. The van der Waals surface area contributed by atoms with Crippen LogP contribution in [-0.4, -0.2) is 16.9 Å². The molecule has 0 bridgehead atoms. The molecular formula is C10H9N5O2. The van der Waals surface area contributed by atoms with Gasteiger partial charge in [-0.1, -0.05) is 6.07 Å². The number of urea groups is 1. The molecule has 1 aromatic heterocycles. The summed E-state index contributed by atoms with van der Waals surface area (Å²) in [5.41, 5.74) is 4.47. The number of nitrogens with two attached hydrogens (primary N) is 1. The van der Waals surface area contributed by atoms with Gasteiger partial charge in [-0.05, 0) is 12.1 Å². The van der Waals surface area contributed by atoms with Crippen molar-refractivity contribution in [3.63, 3.8) is 0 Å². The van der Waals surface area contributed by atoms with Crippen molar-refractivity contribution < 1.29 is 9.59 Å². The Morgan fingerprint density at radius 1 is 1.47 bits per heavy atom. The Hall–Kier alpha value is -2.88. The predicted octanol–water partition coefficient (Wildman–Crippen LogP) is 0.0959. The number of aromatic nitrogens is 1. The number of amides is 3. The van der Waals surface area contributed by atoms with Crippen molar-refractivity contribution in [2.45, 2.75) is 0 Å². The zero-order valence-electron chi connectivity index (χ0n) is 8.68. The smallest absolute Gasteiger partial charge is 0.319 e. The van der Waals surface area contributed by atoms with Crippen molar-refractivity contribution in [2.75, 3.05) is 5.32 Å². The maximum atomic E-state index is 11.2. The molecule has 1 aromatic rings. The molecule has 0 unspecified atom stereocenters. The summed E-state index contributed by atoms with van der Waals surface area (Å²) in [4.78, 5) is 25.6. The van der Waals surface area contributed by atoms with E-state index in [0.29, 0.717) is 5.82 Å². The van der Waals surface area contributed by atoms with E-state index in [-0.39, 0.29) is 5.57 Å². The first-order chi connectivity index (χ1) is 8.13. The van der Waals surface area contributed by atoms with Gasteiger partial charge in [0, 0.05) is 12.4 Å².